The van der Waals surface area contributed by atoms with Crippen molar-refractivity contribution in [3.05, 3.63) is 0 Å². The van der Waals surface area contributed by atoms with Gasteiger partial charge in [-0.3, -0.25) is 0 Å². The lowest BCUT2D eigenvalue weighted by molar-refractivity contribution is 0.00741. The van der Waals surface area contributed by atoms with Crippen molar-refractivity contribution in [3.63, 3.8) is 0 Å². The lowest BCUT2D eigenvalue weighted by Gasteiger charge is -2.39. The highest BCUT2D eigenvalue weighted by Gasteiger charge is 2.37. The number of rotatable bonds is 3. The monoisotopic (exact) mass is 277 g/mol. The van der Waals surface area contributed by atoms with Gasteiger partial charge in [-0.05, 0) is 19.8 Å². The van der Waals surface area contributed by atoms with Gasteiger partial charge in [-0.2, -0.15) is 17.0 Å². The smallest absolute Gasteiger partial charge is 0.282 e. The molecule has 18 heavy (non-hydrogen) atoms. The van der Waals surface area contributed by atoms with Crippen LogP contribution in [0.15, 0.2) is 0 Å². The second-order valence-corrected chi connectivity index (χ2v) is 6.92. The molecule has 2 unspecified atom stereocenters. The summed E-state index contributed by atoms with van der Waals surface area (Å²) >= 11 is 0. The van der Waals surface area contributed by atoms with Crippen molar-refractivity contribution in [1.29, 1.82) is 0 Å². The van der Waals surface area contributed by atoms with Crippen LogP contribution in [-0.2, 0) is 14.9 Å². The Kier molecular flexibility index (Phi) is 4.60. The van der Waals surface area contributed by atoms with E-state index in [0.29, 0.717) is 32.8 Å². The molecule has 2 N–H and O–H groups in total. The van der Waals surface area contributed by atoms with Gasteiger partial charge in [-0.1, -0.05) is 6.42 Å². The van der Waals surface area contributed by atoms with Crippen LogP contribution in [0.1, 0.15) is 26.2 Å². The molecule has 2 rings (SSSR count). The lowest BCUT2D eigenvalue weighted by atomic mass is 10.1. The highest BCUT2D eigenvalue weighted by Crippen LogP contribution is 2.23. The average molecular weight is 277 g/mol. The largest absolute Gasteiger partial charge is 0.376 e. The Morgan fingerprint density at radius 1 is 1.33 bits per heavy atom. The first-order valence-corrected chi connectivity index (χ1v) is 8.04. The van der Waals surface area contributed by atoms with Crippen LogP contribution in [-0.4, -0.2) is 62.0 Å². The number of hydrogen-bond donors (Lipinski definition) is 1. The molecule has 0 aromatic carbocycles. The van der Waals surface area contributed by atoms with Crippen LogP contribution in [0.3, 0.4) is 0 Å². The second-order valence-electron chi connectivity index (χ2n) is 5.04. The summed E-state index contributed by atoms with van der Waals surface area (Å²) in [6.45, 7) is 4.26. The fourth-order valence-electron chi connectivity index (χ4n) is 2.66. The minimum atomic E-state index is -3.37. The summed E-state index contributed by atoms with van der Waals surface area (Å²) in [5.74, 6) is 0. The van der Waals surface area contributed by atoms with Gasteiger partial charge in [0, 0.05) is 32.2 Å². The summed E-state index contributed by atoms with van der Waals surface area (Å²) in [5.41, 5.74) is 5.70. The molecule has 2 aliphatic heterocycles. The van der Waals surface area contributed by atoms with Crippen LogP contribution >= 0.6 is 0 Å². The summed E-state index contributed by atoms with van der Waals surface area (Å²) in [6, 6.07) is -0.0399. The molecule has 106 valence electrons. The molecule has 0 aliphatic carbocycles. The van der Waals surface area contributed by atoms with Crippen molar-refractivity contribution < 1.29 is 13.2 Å². The molecule has 0 radical (unpaired) electrons. The van der Waals surface area contributed by atoms with Gasteiger partial charge in [0.25, 0.3) is 10.2 Å². The lowest BCUT2D eigenvalue weighted by Crippen LogP contribution is -2.56. The Hall–Kier alpha value is -0.210. The summed E-state index contributed by atoms with van der Waals surface area (Å²) in [6.07, 6.45) is 2.83. The highest BCUT2D eigenvalue weighted by molar-refractivity contribution is 7.86. The third kappa shape index (κ3) is 2.85. The van der Waals surface area contributed by atoms with E-state index >= 15 is 0 Å². The Balaban J connectivity index is 2.13. The molecule has 2 aliphatic rings. The Morgan fingerprint density at radius 3 is 2.78 bits per heavy atom. The van der Waals surface area contributed by atoms with E-state index in [0.717, 1.165) is 19.3 Å². The van der Waals surface area contributed by atoms with Crippen LogP contribution in [0, 0.1) is 0 Å². The summed E-state index contributed by atoms with van der Waals surface area (Å²) in [7, 11) is -3.37. The fraction of sp³-hybridized carbons (Fsp3) is 1.00. The average Bonchev–Trinajstić information content (AvgIpc) is 2.38. The Bertz CT molecular complexity index is 374. The molecule has 7 heteroatoms. The Labute approximate surface area is 109 Å². The van der Waals surface area contributed by atoms with Crippen molar-refractivity contribution >= 4 is 10.2 Å². The van der Waals surface area contributed by atoms with Gasteiger partial charge < -0.3 is 10.5 Å². The molecule has 2 saturated heterocycles. The van der Waals surface area contributed by atoms with E-state index in [-0.39, 0.29) is 12.1 Å². The Morgan fingerprint density at radius 2 is 2.11 bits per heavy atom. The molecular formula is C11H23N3O3S. The molecule has 6 nitrogen and oxygen atoms in total. The summed E-state index contributed by atoms with van der Waals surface area (Å²) in [4.78, 5) is 0. The fourth-order valence-corrected chi connectivity index (χ4v) is 4.59. The van der Waals surface area contributed by atoms with Crippen LogP contribution < -0.4 is 5.73 Å². The first-order chi connectivity index (χ1) is 8.55. The van der Waals surface area contributed by atoms with Gasteiger partial charge in [-0.25, -0.2) is 0 Å². The number of ether oxygens (including phenoxy) is 1. The zero-order valence-corrected chi connectivity index (χ0v) is 11.7. The van der Waals surface area contributed by atoms with Crippen molar-refractivity contribution in [2.45, 2.75) is 38.3 Å². The summed E-state index contributed by atoms with van der Waals surface area (Å²) in [5, 5.41) is 0. The maximum atomic E-state index is 12.6. The first-order valence-electron chi connectivity index (χ1n) is 6.64. The van der Waals surface area contributed by atoms with Gasteiger partial charge >= 0.3 is 0 Å². The standard InChI is InChI=1S/C11H23N3O3S/c1-10-9-13(6-7-17-10)18(15,16)14-5-3-2-4-11(14)8-12/h10-11H,2-9,12H2,1H3. The van der Waals surface area contributed by atoms with Crippen LogP contribution in [0.4, 0.5) is 0 Å². The number of nitrogens with two attached hydrogens (primary N) is 1. The third-order valence-electron chi connectivity index (χ3n) is 3.67. The zero-order chi connectivity index (χ0) is 13.2. The van der Waals surface area contributed by atoms with E-state index in [2.05, 4.69) is 0 Å². The molecule has 0 aromatic heterocycles. The van der Waals surface area contributed by atoms with E-state index in [1.54, 1.807) is 4.31 Å². The van der Waals surface area contributed by atoms with Gasteiger partial charge in [0.15, 0.2) is 0 Å². The van der Waals surface area contributed by atoms with Crippen LogP contribution in [0.25, 0.3) is 0 Å². The highest BCUT2D eigenvalue weighted by atomic mass is 32.2. The first kappa shape index (κ1) is 14.2. The van der Waals surface area contributed by atoms with Crippen LogP contribution in [0.2, 0.25) is 0 Å². The van der Waals surface area contributed by atoms with E-state index in [1.165, 1.54) is 4.31 Å². The molecule has 0 spiro atoms. The number of morpholine rings is 1. The van der Waals surface area contributed by atoms with Crippen molar-refractivity contribution in [1.82, 2.24) is 8.61 Å². The minimum absolute atomic E-state index is 0.0327. The van der Waals surface area contributed by atoms with Crippen molar-refractivity contribution in [2.75, 3.05) is 32.8 Å². The molecule has 0 bridgehead atoms. The molecular weight excluding hydrogens is 254 g/mol. The van der Waals surface area contributed by atoms with Crippen molar-refractivity contribution in [3.8, 4) is 0 Å². The SMILES string of the molecule is CC1CN(S(=O)(=O)N2CCCCC2CN)CCO1. The molecule has 2 fully saturated rings. The number of nitrogens with zero attached hydrogens (tertiary/aromatic N) is 2. The number of hydrogen-bond acceptors (Lipinski definition) is 4. The topological polar surface area (TPSA) is 75.9 Å². The van der Waals surface area contributed by atoms with E-state index in [4.69, 9.17) is 10.5 Å². The summed E-state index contributed by atoms with van der Waals surface area (Å²) < 4.78 is 33.7. The minimum Gasteiger partial charge on any atom is -0.376 e. The molecule has 2 atom stereocenters. The predicted molar refractivity (Wildman–Crippen MR) is 69.3 cm³/mol. The van der Waals surface area contributed by atoms with Gasteiger partial charge in [0.1, 0.15) is 0 Å². The van der Waals surface area contributed by atoms with Gasteiger partial charge in [0.2, 0.25) is 0 Å². The maximum absolute atomic E-state index is 12.6. The van der Waals surface area contributed by atoms with Crippen LogP contribution in [0.5, 0.6) is 0 Å². The molecule has 0 aromatic rings. The van der Waals surface area contributed by atoms with E-state index in [9.17, 15) is 8.42 Å². The predicted octanol–water partition coefficient (Wildman–Crippen LogP) is -0.235. The number of piperidine rings is 1. The molecule has 0 saturated carbocycles. The maximum Gasteiger partial charge on any atom is 0.282 e. The molecule has 0 amide bonds. The third-order valence-corrected chi connectivity index (χ3v) is 5.73. The quantitative estimate of drug-likeness (QED) is 0.773. The van der Waals surface area contributed by atoms with Gasteiger partial charge in [-0.15, -0.1) is 0 Å². The molecule has 2 heterocycles. The second kappa shape index (κ2) is 5.83. The van der Waals surface area contributed by atoms with E-state index in [1.807, 2.05) is 6.92 Å². The zero-order valence-electron chi connectivity index (χ0n) is 10.9. The van der Waals surface area contributed by atoms with E-state index < -0.39 is 10.2 Å². The van der Waals surface area contributed by atoms with Crippen molar-refractivity contribution in [2.24, 2.45) is 5.73 Å². The normalized spacial score (nSPS) is 32.6. The van der Waals surface area contributed by atoms with Gasteiger partial charge in [0.05, 0.1) is 12.7 Å².